The molecule has 156 valence electrons. The van der Waals surface area contributed by atoms with Crippen LogP contribution in [0.25, 0.3) is 0 Å². The van der Waals surface area contributed by atoms with E-state index < -0.39 is 0 Å². The van der Waals surface area contributed by atoms with Gasteiger partial charge in [-0.1, -0.05) is 36.4 Å². The molecule has 5 heteroatoms. The summed E-state index contributed by atoms with van der Waals surface area (Å²) >= 11 is 0. The maximum Gasteiger partial charge on any atom is 0.0828 e. The number of rotatable bonds is 7. The van der Waals surface area contributed by atoms with Gasteiger partial charge in [0.15, 0.2) is 0 Å². The first-order chi connectivity index (χ1) is 14.3. The summed E-state index contributed by atoms with van der Waals surface area (Å²) in [5, 5.41) is 0. The van der Waals surface area contributed by atoms with E-state index in [0.29, 0.717) is 18.8 Å². The fraction of sp³-hybridized carbons (Fsp3) is 0.542. The largest absolute Gasteiger partial charge is 0.376 e. The van der Waals surface area contributed by atoms with E-state index in [2.05, 4.69) is 51.2 Å². The molecule has 4 rings (SSSR count). The summed E-state index contributed by atoms with van der Waals surface area (Å²) in [7, 11) is 0. The van der Waals surface area contributed by atoms with Gasteiger partial charge in [-0.3, -0.25) is 9.88 Å². The van der Waals surface area contributed by atoms with E-state index in [4.69, 9.17) is 9.47 Å². The van der Waals surface area contributed by atoms with Crippen LogP contribution in [0.15, 0.2) is 54.9 Å². The number of hydrogen-bond acceptors (Lipinski definition) is 5. The van der Waals surface area contributed by atoms with Crippen molar-refractivity contribution in [1.29, 1.82) is 0 Å². The van der Waals surface area contributed by atoms with Crippen molar-refractivity contribution in [3.8, 4) is 0 Å². The van der Waals surface area contributed by atoms with Gasteiger partial charge in [-0.2, -0.15) is 0 Å². The molecular formula is C24H33N3O2. The Morgan fingerprint density at radius 3 is 2.59 bits per heavy atom. The summed E-state index contributed by atoms with van der Waals surface area (Å²) in [6, 6.07) is 14.8. The van der Waals surface area contributed by atoms with Crippen LogP contribution < -0.4 is 0 Å². The minimum absolute atomic E-state index is 0.300. The molecule has 2 aliphatic heterocycles. The third-order valence-electron chi connectivity index (χ3n) is 5.89. The van der Waals surface area contributed by atoms with Crippen LogP contribution in [0.3, 0.4) is 0 Å². The van der Waals surface area contributed by atoms with Crippen molar-refractivity contribution < 1.29 is 9.47 Å². The molecule has 1 aromatic heterocycles. The summed E-state index contributed by atoms with van der Waals surface area (Å²) in [5.74, 6) is 0. The first kappa shape index (κ1) is 20.5. The van der Waals surface area contributed by atoms with Crippen LogP contribution in [-0.2, 0) is 22.6 Å². The maximum absolute atomic E-state index is 6.18. The fourth-order valence-electron chi connectivity index (χ4n) is 4.31. The number of aromatic nitrogens is 1. The molecule has 0 N–H and O–H groups in total. The molecule has 1 unspecified atom stereocenters. The topological polar surface area (TPSA) is 37.8 Å². The van der Waals surface area contributed by atoms with E-state index in [1.54, 1.807) is 6.20 Å². The van der Waals surface area contributed by atoms with Gasteiger partial charge >= 0.3 is 0 Å². The first-order valence-corrected chi connectivity index (χ1v) is 11.0. The van der Waals surface area contributed by atoms with Gasteiger partial charge in [0.05, 0.1) is 18.8 Å². The third-order valence-corrected chi connectivity index (χ3v) is 5.89. The average molecular weight is 396 g/mol. The van der Waals surface area contributed by atoms with Crippen molar-refractivity contribution in [3.63, 3.8) is 0 Å². The molecule has 2 aromatic rings. The highest BCUT2D eigenvalue weighted by Crippen LogP contribution is 2.18. The lowest BCUT2D eigenvalue weighted by Gasteiger charge is -2.34. The van der Waals surface area contributed by atoms with E-state index in [0.717, 1.165) is 70.7 Å². The lowest BCUT2D eigenvalue weighted by atomic mass is 10.1. The maximum atomic E-state index is 6.18. The smallest absolute Gasteiger partial charge is 0.0828 e. The van der Waals surface area contributed by atoms with Crippen molar-refractivity contribution in [1.82, 2.24) is 14.8 Å². The summed E-state index contributed by atoms with van der Waals surface area (Å²) in [5.41, 5.74) is 2.54. The number of benzene rings is 1. The zero-order chi connectivity index (χ0) is 19.7. The first-order valence-electron chi connectivity index (χ1n) is 11.0. The summed E-state index contributed by atoms with van der Waals surface area (Å²) in [6.07, 6.45) is 7.66. The van der Waals surface area contributed by atoms with E-state index in [-0.39, 0.29) is 0 Å². The molecule has 2 fully saturated rings. The zero-order valence-corrected chi connectivity index (χ0v) is 17.3. The predicted octanol–water partition coefficient (Wildman–Crippen LogP) is 3.35. The van der Waals surface area contributed by atoms with Gasteiger partial charge in [-0.15, -0.1) is 0 Å². The van der Waals surface area contributed by atoms with Gasteiger partial charge in [0.2, 0.25) is 0 Å². The van der Waals surface area contributed by atoms with Crippen LogP contribution in [0.5, 0.6) is 0 Å². The Morgan fingerprint density at radius 1 is 0.966 bits per heavy atom. The summed E-state index contributed by atoms with van der Waals surface area (Å²) in [6.45, 7) is 7.92. The zero-order valence-electron chi connectivity index (χ0n) is 17.3. The Hall–Kier alpha value is -1.79. The predicted molar refractivity (Wildman–Crippen MR) is 115 cm³/mol. The van der Waals surface area contributed by atoms with E-state index in [1.165, 1.54) is 5.56 Å². The van der Waals surface area contributed by atoms with Gasteiger partial charge < -0.3 is 14.4 Å². The highest BCUT2D eigenvalue weighted by Gasteiger charge is 2.25. The molecule has 0 radical (unpaired) electrons. The van der Waals surface area contributed by atoms with Crippen LogP contribution in [-0.4, -0.2) is 66.3 Å². The fourth-order valence-corrected chi connectivity index (χ4v) is 4.31. The van der Waals surface area contributed by atoms with Gasteiger partial charge in [0.1, 0.15) is 0 Å². The van der Waals surface area contributed by atoms with E-state index in [1.807, 2.05) is 12.3 Å². The molecule has 2 aliphatic rings. The number of ether oxygens (including phenoxy) is 2. The normalized spacial score (nSPS) is 22.4. The Bertz CT molecular complexity index is 705. The van der Waals surface area contributed by atoms with Crippen molar-refractivity contribution >= 4 is 0 Å². The Morgan fingerprint density at radius 2 is 1.79 bits per heavy atom. The molecule has 1 aromatic carbocycles. The Labute approximate surface area is 174 Å². The standard InChI is InChI=1S/C24H33N3O2/c1-2-6-21(7-3-1)17-27-12-5-15-28-24(19-27)18-26-13-9-23(10-14-26)29-20-22-8-4-11-25-16-22/h1-4,6-8,11,16,23-24H,5,9-10,12-15,17-20H2. The van der Waals surface area contributed by atoms with Gasteiger partial charge in [0.25, 0.3) is 0 Å². The van der Waals surface area contributed by atoms with Gasteiger partial charge in [-0.25, -0.2) is 0 Å². The lowest BCUT2D eigenvalue weighted by molar-refractivity contribution is -0.0224. The monoisotopic (exact) mass is 395 g/mol. The second-order valence-corrected chi connectivity index (χ2v) is 8.24. The van der Waals surface area contributed by atoms with Crippen LogP contribution in [0, 0.1) is 0 Å². The highest BCUT2D eigenvalue weighted by molar-refractivity contribution is 5.14. The molecular weight excluding hydrogens is 362 g/mol. The van der Waals surface area contributed by atoms with Crippen LogP contribution in [0.1, 0.15) is 30.4 Å². The van der Waals surface area contributed by atoms with E-state index >= 15 is 0 Å². The molecule has 2 saturated heterocycles. The molecule has 0 amide bonds. The molecule has 1 atom stereocenters. The SMILES string of the molecule is c1ccc(CN2CCCOC(CN3CCC(OCc4cccnc4)CC3)C2)cc1. The van der Waals surface area contributed by atoms with E-state index in [9.17, 15) is 0 Å². The van der Waals surface area contributed by atoms with Crippen molar-refractivity contribution in [2.45, 2.75) is 44.6 Å². The molecule has 5 nitrogen and oxygen atoms in total. The van der Waals surface area contributed by atoms with Crippen molar-refractivity contribution in [2.75, 3.05) is 39.3 Å². The van der Waals surface area contributed by atoms with Crippen LogP contribution in [0.2, 0.25) is 0 Å². The molecule has 3 heterocycles. The summed E-state index contributed by atoms with van der Waals surface area (Å²) < 4.78 is 12.3. The lowest BCUT2D eigenvalue weighted by Crippen LogP contribution is -2.44. The van der Waals surface area contributed by atoms with Crippen LogP contribution >= 0.6 is 0 Å². The number of pyridine rings is 1. The minimum atomic E-state index is 0.300. The number of hydrogen-bond donors (Lipinski definition) is 0. The minimum Gasteiger partial charge on any atom is -0.376 e. The second-order valence-electron chi connectivity index (χ2n) is 8.24. The number of nitrogens with zero attached hydrogens (tertiary/aromatic N) is 3. The number of piperidine rings is 1. The molecule has 0 bridgehead atoms. The van der Waals surface area contributed by atoms with Crippen molar-refractivity contribution in [2.24, 2.45) is 0 Å². The van der Waals surface area contributed by atoms with Gasteiger partial charge in [0, 0.05) is 58.3 Å². The number of likely N-dealkylation sites (tertiary alicyclic amines) is 1. The highest BCUT2D eigenvalue weighted by atomic mass is 16.5. The molecule has 0 saturated carbocycles. The molecule has 0 aliphatic carbocycles. The van der Waals surface area contributed by atoms with Gasteiger partial charge in [-0.05, 0) is 36.5 Å². The second kappa shape index (κ2) is 10.8. The Kier molecular flexibility index (Phi) is 7.65. The third kappa shape index (κ3) is 6.61. The molecule has 0 spiro atoms. The van der Waals surface area contributed by atoms with Crippen molar-refractivity contribution in [3.05, 3.63) is 66.0 Å². The Balaban J connectivity index is 1.20. The average Bonchev–Trinajstić information content (AvgIpc) is 2.99. The van der Waals surface area contributed by atoms with Crippen LogP contribution in [0.4, 0.5) is 0 Å². The molecule has 29 heavy (non-hydrogen) atoms. The quantitative estimate of drug-likeness (QED) is 0.719. The summed E-state index contributed by atoms with van der Waals surface area (Å²) in [4.78, 5) is 9.27.